The van der Waals surface area contributed by atoms with Crippen LogP contribution in [0.2, 0.25) is 0 Å². The molecule has 29 heavy (non-hydrogen) atoms. The maximum atomic E-state index is 13.4. The van der Waals surface area contributed by atoms with Crippen LogP contribution in [-0.2, 0) is 13.6 Å². The lowest BCUT2D eigenvalue weighted by Gasteiger charge is -2.30. The molecule has 0 radical (unpaired) electrons. The van der Waals surface area contributed by atoms with Crippen molar-refractivity contribution in [2.45, 2.75) is 19.7 Å². The van der Waals surface area contributed by atoms with E-state index in [1.165, 1.54) is 11.3 Å². The Morgan fingerprint density at radius 2 is 1.97 bits per heavy atom. The SMILES string of the molecule is CC1=c2c(n(C)n(-c3nc4ccccc4s3)c2=O)=CC(O)N1Cc1ccccn1. The predicted octanol–water partition coefficient (Wildman–Crippen LogP) is 0.923. The van der Waals surface area contributed by atoms with Gasteiger partial charge in [0.25, 0.3) is 5.56 Å². The summed E-state index contributed by atoms with van der Waals surface area (Å²) < 4.78 is 4.36. The molecular weight excluding hydrogens is 386 g/mol. The van der Waals surface area contributed by atoms with Crippen LogP contribution >= 0.6 is 11.3 Å². The number of thiazole rings is 1. The van der Waals surface area contributed by atoms with Gasteiger partial charge in [-0.1, -0.05) is 29.5 Å². The first-order valence-corrected chi connectivity index (χ1v) is 10.1. The van der Waals surface area contributed by atoms with E-state index in [2.05, 4.69) is 9.97 Å². The number of aliphatic hydroxyl groups is 1. The molecule has 0 fully saturated rings. The van der Waals surface area contributed by atoms with E-state index in [0.29, 0.717) is 22.2 Å². The average molecular weight is 405 g/mol. The Balaban J connectivity index is 1.70. The fourth-order valence-electron chi connectivity index (χ4n) is 3.77. The van der Waals surface area contributed by atoms with Gasteiger partial charge in [-0.15, -0.1) is 0 Å². The highest BCUT2D eigenvalue weighted by Crippen LogP contribution is 2.23. The Hall–Kier alpha value is -3.23. The summed E-state index contributed by atoms with van der Waals surface area (Å²) in [4.78, 5) is 24.1. The van der Waals surface area contributed by atoms with Crippen LogP contribution in [0.25, 0.3) is 27.1 Å². The Morgan fingerprint density at radius 1 is 1.17 bits per heavy atom. The minimum absolute atomic E-state index is 0.145. The first-order chi connectivity index (χ1) is 14.0. The van der Waals surface area contributed by atoms with Crippen molar-refractivity contribution < 1.29 is 5.11 Å². The van der Waals surface area contributed by atoms with E-state index < -0.39 is 6.23 Å². The van der Waals surface area contributed by atoms with Gasteiger partial charge in [-0.2, -0.15) is 4.68 Å². The molecular formula is C21H19N5O2S. The minimum atomic E-state index is -0.846. The third-order valence-electron chi connectivity index (χ3n) is 5.25. The largest absolute Gasteiger partial charge is 0.370 e. The van der Waals surface area contributed by atoms with Gasteiger partial charge in [0.15, 0.2) is 0 Å². The number of rotatable bonds is 3. The third-order valence-corrected chi connectivity index (χ3v) is 6.26. The van der Waals surface area contributed by atoms with Gasteiger partial charge in [0.05, 0.1) is 33.0 Å². The van der Waals surface area contributed by atoms with Crippen molar-refractivity contribution >= 4 is 33.3 Å². The summed E-state index contributed by atoms with van der Waals surface area (Å²) in [6.45, 7) is 2.28. The summed E-state index contributed by atoms with van der Waals surface area (Å²) >= 11 is 1.47. The molecule has 0 aliphatic carbocycles. The lowest BCUT2D eigenvalue weighted by Crippen LogP contribution is -2.49. The van der Waals surface area contributed by atoms with Crippen molar-refractivity contribution in [2.75, 3.05) is 0 Å². The maximum Gasteiger partial charge on any atom is 0.283 e. The quantitative estimate of drug-likeness (QED) is 0.549. The van der Waals surface area contributed by atoms with Crippen molar-refractivity contribution in [3.05, 3.63) is 75.3 Å². The molecule has 0 spiro atoms. The van der Waals surface area contributed by atoms with Crippen molar-refractivity contribution in [3.8, 4) is 5.13 Å². The average Bonchev–Trinajstić information content (AvgIpc) is 3.24. The van der Waals surface area contributed by atoms with Gasteiger partial charge < -0.3 is 10.0 Å². The molecule has 0 saturated heterocycles. The zero-order chi connectivity index (χ0) is 20.1. The van der Waals surface area contributed by atoms with Crippen LogP contribution in [0.4, 0.5) is 0 Å². The monoisotopic (exact) mass is 405 g/mol. The second-order valence-corrected chi connectivity index (χ2v) is 7.99. The van der Waals surface area contributed by atoms with E-state index in [0.717, 1.165) is 21.6 Å². The zero-order valence-electron chi connectivity index (χ0n) is 16.0. The first-order valence-electron chi connectivity index (χ1n) is 9.26. The molecule has 146 valence electrons. The predicted molar refractivity (Wildman–Crippen MR) is 113 cm³/mol. The van der Waals surface area contributed by atoms with Gasteiger partial charge in [0.2, 0.25) is 5.13 Å². The summed E-state index contributed by atoms with van der Waals surface area (Å²) in [5.41, 5.74) is 2.26. The molecule has 3 aromatic heterocycles. The first kappa shape index (κ1) is 17.8. The molecule has 1 unspecified atom stereocenters. The summed E-state index contributed by atoms with van der Waals surface area (Å²) in [7, 11) is 1.82. The molecule has 4 aromatic rings. The second-order valence-electron chi connectivity index (χ2n) is 6.98. The molecule has 0 bridgehead atoms. The number of hydrogen-bond donors (Lipinski definition) is 1. The van der Waals surface area contributed by atoms with E-state index in [1.807, 2.05) is 56.4 Å². The molecule has 0 amide bonds. The maximum absolute atomic E-state index is 13.4. The smallest absolute Gasteiger partial charge is 0.283 e. The lowest BCUT2D eigenvalue weighted by molar-refractivity contribution is 0.0915. The number of fused-ring (bicyclic) bond motifs is 2. The number of aromatic nitrogens is 4. The molecule has 1 aromatic carbocycles. The molecule has 5 rings (SSSR count). The van der Waals surface area contributed by atoms with Crippen LogP contribution in [0.15, 0.2) is 53.5 Å². The van der Waals surface area contributed by atoms with E-state index in [1.54, 1.807) is 26.5 Å². The molecule has 0 saturated carbocycles. The van der Waals surface area contributed by atoms with E-state index in [-0.39, 0.29) is 5.56 Å². The molecule has 4 heterocycles. The number of pyridine rings is 1. The summed E-state index contributed by atoms with van der Waals surface area (Å²) in [5, 5.41) is 12.6. The summed E-state index contributed by atoms with van der Waals surface area (Å²) in [6.07, 6.45) is 2.58. The van der Waals surface area contributed by atoms with E-state index in [4.69, 9.17) is 0 Å². The standard InChI is InChI=1S/C21H19N5O2S/c1-13-19-16(11-18(27)25(13)12-14-7-5-6-10-22-14)24(2)26(20(19)28)21-23-15-8-3-4-9-17(15)29-21/h3-11,18,27H,12H2,1-2H3. The summed E-state index contributed by atoms with van der Waals surface area (Å²) in [6, 6.07) is 13.5. The Labute approximate surface area is 170 Å². The van der Waals surface area contributed by atoms with Crippen LogP contribution in [0, 0.1) is 0 Å². The van der Waals surface area contributed by atoms with Gasteiger partial charge >= 0.3 is 0 Å². The number of benzene rings is 1. The Bertz CT molecular complexity index is 1370. The minimum Gasteiger partial charge on any atom is -0.370 e. The van der Waals surface area contributed by atoms with Crippen molar-refractivity contribution in [1.29, 1.82) is 0 Å². The summed E-state index contributed by atoms with van der Waals surface area (Å²) in [5.74, 6) is 0. The molecule has 1 N–H and O–H groups in total. The van der Waals surface area contributed by atoms with Crippen LogP contribution < -0.4 is 16.1 Å². The number of aliphatic hydroxyl groups excluding tert-OH is 1. The van der Waals surface area contributed by atoms with Gasteiger partial charge in [0, 0.05) is 18.9 Å². The van der Waals surface area contributed by atoms with E-state index in [9.17, 15) is 9.90 Å². The topological polar surface area (TPSA) is 76.2 Å². The number of nitrogens with zero attached hydrogens (tertiary/aromatic N) is 5. The van der Waals surface area contributed by atoms with Gasteiger partial charge in [-0.3, -0.25) is 14.5 Å². The van der Waals surface area contributed by atoms with Gasteiger partial charge in [-0.05, 0) is 37.3 Å². The molecule has 1 aliphatic rings. The molecule has 1 atom stereocenters. The van der Waals surface area contributed by atoms with Gasteiger partial charge in [0.1, 0.15) is 6.23 Å². The van der Waals surface area contributed by atoms with Crippen molar-refractivity contribution in [2.24, 2.45) is 7.05 Å². The van der Waals surface area contributed by atoms with Crippen LogP contribution in [-0.4, -0.2) is 35.6 Å². The normalized spacial score (nSPS) is 16.2. The Kier molecular flexibility index (Phi) is 4.11. The van der Waals surface area contributed by atoms with Crippen LogP contribution in [0.3, 0.4) is 0 Å². The molecule has 1 aliphatic heterocycles. The van der Waals surface area contributed by atoms with Crippen LogP contribution in [0.1, 0.15) is 12.6 Å². The highest BCUT2D eigenvalue weighted by molar-refractivity contribution is 7.20. The van der Waals surface area contributed by atoms with Crippen LogP contribution in [0.5, 0.6) is 0 Å². The molecule has 7 nitrogen and oxygen atoms in total. The number of hydrogen-bond acceptors (Lipinski definition) is 6. The highest BCUT2D eigenvalue weighted by Gasteiger charge is 2.25. The highest BCUT2D eigenvalue weighted by atomic mass is 32.1. The fourth-order valence-corrected chi connectivity index (χ4v) is 4.77. The fraction of sp³-hybridized carbons (Fsp3) is 0.190. The zero-order valence-corrected chi connectivity index (χ0v) is 16.8. The second kappa shape index (κ2) is 6.68. The van der Waals surface area contributed by atoms with Gasteiger partial charge in [-0.25, -0.2) is 4.98 Å². The van der Waals surface area contributed by atoms with E-state index >= 15 is 0 Å². The number of para-hydroxylation sites is 1. The third kappa shape index (κ3) is 2.80. The molecule has 8 heteroatoms. The van der Waals surface area contributed by atoms with Crippen molar-refractivity contribution in [1.82, 2.24) is 24.2 Å². The Morgan fingerprint density at radius 3 is 2.72 bits per heavy atom. The van der Waals surface area contributed by atoms with Crippen molar-refractivity contribution in [3.63, 3.8) is 0 Å². The lowest BCUT2D eigenvalue weighted by atomic mass is 10.2.